The van der Waals surface area contributed by atoms with Crippen LogP contribution >= 0.6 is 0 Å². The normalized spacial score (nSPS) is 28.9. The summed E-state index contributed by atoms with van der Waals surface area (Å²) < 4.78 is 0. The maximum Gasteiger partial charge on any atom is 0.317 e. The van der Waals surface area contributed by atoms with Crippen LogP contribution in [-0.4, -0.2) is 40.6 Å². The third-order valence-electron chi connectivity index (χ3n) is 5.23. The van der Waals surface area contributed by atoms with Crippen molar-refractivity contribution in [3.05, 3.63) is 0 Å². The molecular formula is C15H26N2O3. The van der Waals surface area contributed by atoms with Gasteiger partial charge in [0.25, 0.3) is 0 Å². The fraction of sp³-hybridized carbons (Fsp3) is 0.867. The minimum atomic E-state index is -0.784. The first-order valence-corrected chi connectivity index (χ1v) is 7.60. The van der Waals surface area contributed by atoms with E-state index in [1.54, 1.807) is 4.90 Å². The van der Waals surface area contributed by atoms with Crippen molar-refractivity contribution in [2.45, 2.75) is 58.4 Å². The van der Waals surface area contributed by atoms with Gasteiger partial charge >= 0.3 is 12.0 Å². The zero-order valence-electron chi connectivity index (χ0n) is 12.7. The molecule has 1 saturated carbocycles. The number of urea groups is 1. The van der Waals surface area contributed by atoms with Crippen LogP contribution in [-0.2, 0) is 4.79 Å². The van der Waals surface area contributed by atoms with E-state index in [2.05, 4.69) is 12.2 Å². The average molecular weight is 282 g/mol. The molecule has 20 heavy (non-hydrogen) atoms. The summed E-state index contributed by atoms with van der Waals surface area (Å²) in [4.78, 5) is 25.6. The molecule has 0 radical (unpaired) electrons. The molecule has 2 amide bonds. The van der Waals surface area contributed by atoms with Crippen LogP contribution in [0.25, 0.3) is 0 Å². The van der Waals surface area contributed by atoms with E-state index < -0.39 is 11.4 Å². The molecule has 0 aromatic carbocycles. The van der Waals surface area contributed by atoms with Crippen molar-refractivity contribution in [1.82, 2.24) is 10.2 Å². The van der Waals surface area contributed by atoms with Gasteiger partial charge in [-0.25, -0.2) is 4.79 Å². The first kappa shape index (κ1) is 15.1. The number of rotatable bonds is 3. The number of nitrogens with zero attached hydrogens (tertiary/aromatic N) is 1. The Balaban J connectivity index is 2.01. The Morgan fingerprint density at radius 2 is 1.80 bits per heavy atom. The molecule has 0 bridgehead atoms. The summed E-state index contributed by atoms with van der Waals surface area (Å²) in [5.41, 5.74) is -0.892. The fourth-order valence-electron chi connectivity index (χ4n) is 3.52. The number of carboxylic acids is 1. The van der Waals surface area contributed by atoms with Crippen LogP contribution in [0.15, 0.2) is 0 Å². The van der Waals surface area contributed by atoms with Gasteiger partial charge < -0.3 is 15.3 Å². The number of likely N-dealkylation sites (tertiary alicyclic amines) is 1. The summed E-state index contributed by atoms with van der Waals surface area (Å²) in [6, 6.07) is -0.0989. The van der Waals surface area contributed by atoms with E-state index in [4.69, 9.17) is 0 Å². The first-order chi connectivity index (χ1) is 9.29. The second-order valence-electron chi connectivity index (χ2n) is 6.99. The Labute approximate surface area is 120 Å². The van der Waals surface area contributed by atoms with Crippen molar-refractivity contribution >= 4 is 12.0 Å². The highest BCUT2D eigenvalue weighted by Crippen LogP contribution is 2.38. The Morgan fingerprint density at radius 3 is 2.25 bits per heavy atom. The monoisotopic (exact) mass is 282 g/mol. The Hall–Kier alpha value is -1.26. The van der Waals surface area contributed by atoms with E-state index in [0.29, 0.717) is 19.5 Å². The number of carboxylic acid groups (broad SMARTS) is 1. The van der Waals surface area contributed by atoms with E-state index >= 15 is 0 Å². The van der Waals surface area contributed by atoms with Crippen molar-refractivity contribution in [2.75, 3.05) is 13.1 Å². The van der Waals surface area contributed by atoms with E-state index in [1.165, 1.54) is 0 Å². The molecule has 2 aliphatic rings. The molecule has 0 aromatic rings. The molecular weight excluding hydrogens is 256 g/mol. The van der Waals surface area contributed by atoms with Gasteiger partial charge in [0, 0.05) is 18.6 Å². The van der Waals surface area contributed by atoms with Gasteiger partial charge in [-0.2, -0.15) is 0 Å². The van der Waals surface area contributed by atoms with Gasteiger partial charge in [-0.15, -0.1) is 0 Å². The first-order valence-electron chi connectivity index (χ1n) is 7.60. The molecule has 1 aliphatic heterocycles. The van der Waals surface area contributed by atoms with Gasteiger partial charge in [0.2, 0.25) is 0 Å². The summed E-state index contributed by atoms with van der Waals surface area (Å²) >= 11 is 0. The minimum Gasteiger partial charge on any atom is -0.481 e. The van der Waals surface area contributed by atoms with Gasteiger partial charge in [-0.05, 0) is 32.1 Å². The molecule has 114 valence electrons. The lowest BCUT2D eigenvalue weighted by Gasteiger charge is -2.31. The number of aliphatic carboxylic acids is 1. The molecule has 5 nitrogen and oxygen atoms in total. The molecule has 1 aliphatic carbocycles. The molecule has 1 heterocycles. The van der Waals surface area contributed by atoms with E-state index in [-0.39, 0.29) is 17.5 Å². The third kappa shape index (κ3) is 2.63. The van der Waals surface area contributed by atoms with E-state index in [9.17, 15) is 14.7 Å². The van der Waals surface area contributed by atoms with Crippen LogP contribution in [0.5, 0.6) is 0 Å². The number of hydrogen-bond acceptors (Lipinski definition) is 2. The lowest BCUT2D eigenvalue weighted by molar-refractivity contribution is -0.150. The lowest BCUT2D eigenvalue weighted by atomic mass is 9.76. The highest BCUT2D eigenvalue weighted by Gasteiger charge is 2.49. The highest BCUT2D eigenvalue weighted by atomic mass is 16.4. The number of nitrogens with one attached hydrogen (secondary N) is 1. The number of carbonyl (C=O) groups is 2. The van der Waals surface area contributed by atoms with Crippen molar-refractivity contribution in [1.29, 1.82) is 0 Å². The van der Waals surface area contributed by atoms with Crippen molar-refractivity contribution in [3.8, 4) is 0 Å². The van der Waals surface area contributed by atoms with Crippen molar-refractivity contribution in [3.63, 3.8) is 0 Å². The van der Waals surface area contributed by atoms with E-state index in [1.807, 2.05) is 13.8 Å². The van der Waals surface area contributed by atoms with Crippen LogP contribution < -0.4 is 5.32 Å². The number of carbonyl (C=O) groups excluding carboxylic acids is 1. The molecule has 1 atom stereocenters. The second-order valence-corrected chi connectivity index (χ2v) is 6.99. The Morgan fingerprint density at radius 1 is 1.20 bits per heavy atom. The predicted octanol–water partition coefficient (Wildman–Crippen LogP) is 2.46. The molecule has 2 fully saturated rings. The smallest absolute Gasteiger partial charge is 0.317 e. The van der Waals surface area contributed by atoms with Crippen LogP contribution in [0.4, 0.5) is 4.79 Å². The van der Waals surface area contributed by atoms with Crippen molar-refractivity contribution in [2.24, 2.45) is 11.3 Å². The summed E-state index contributed by atoms with van der Waals surface area (Å²) in [6.07, 6.45) is 4.88. The summed E-state index contributed by atoms with van der Waals surface area (Å²) in [7, 11) is 0. The number of amides is 2. The molecule has 0 spiro atoms. The average Bonchev–Trinajstić information content (AvgIpc) is 2.96. The van der Waals surface area contributed by atoms with Gasteiger partial charge in [0.1, 0.15) is 0 Å². The van der Waals surface area contributed by atoms with Crippen LogP contribution in [0.2, 0.25) is 0 Å². The minimum absolute atomic E-state index is 0.0277. The van der Waals surface area contributed by atoms with Crippen LogP contribution in [0, 0.1) is 11.3 Å². The maximum absolute atomic E-state index is 12.4. The summed E-state index contributed by atoms with van der Waals surface area (Å²) in [5.74, 6) is -0.755. The Kier molecular flexibility index (Phi) is 3.98. The number of hydrogen-bond donors (Lipinski definition) is 2. The zero-order chi connectivity index (χ0) is 15.0. The molecule has 0 aromatic heterocycles. The second kappa shape index (κ2) is 5.26. The topological polar surface area (TPSA) is 69.6 Å². The Bertz CT molecular complexity index is 402. The molecule has 1 unspecified atom stereocenters. The summed E-state index contributed by atoms with van der Waals surface area (Å²) in [5, 5.41) is 12.6. The van der Waals surface area contributed by atoms with Gasteiger partial charge in [0.05, 0.1) is 5.41 Å². The standard InChI is InChI=1S/C15H26N2O3/c1-11(2)15(12(18)19)8-9-17(10-15)13(20)16-14(3)6-4-5-7-14/h11H,4-10H2,1-3H3,(H,16,20)(H,18,19). The molecule has 5 heteroatoms. The van der Waals surface area contributed by atoms with Gasteiger partial charge in [-0.3, -0.25) is 4.79 Å². The van der Waals surface area contributed by atoms with E-state index in [0.717, 1.165) is 25.7 Å². The third-order valence-corrected chi connectivity index (χ3v) is 5.23. The van der Waals surface area contributed by atoms with Gasteiger partial charge in [-0.1, -0.05) is 26.7 Å². The largest absolute Gasteiger partial charge is 0.481 e. The van der Waals surface area contributed by atoms with Crippen LogP contribution in [0.1, 0.15) is 52.9 Å². The molecule has 1 saturated heterocycles. The quantitative estimate of drug-likeness (QED) is 0.835. The molecule has 2 N–H and O–H groups in total. The van der Waals surface area contributed by atoms with Gasteiger partial charge in [0.15, 0.2) is 0 Å². The van der Waals surface area contributed by atoms with Crippen molar-refractivity contribution < 1.29 is 14.7 Å². The zero-order valence-corrected chi connectivity index (χ0v) is 12.7. The highest BCUT2D eigenvalue weighted by molar-refractivity contribution is 5.80. The van der Waals surface area contributed by atoms with Crippen LogP contribution in [0.3, 0.4) is 0 Å². The SMILES string of the molecule is CC(C)C1(C(=O)O)CCN(C(=O)NC2(C)CCCC2)C1. The molecule has 2 rings (SSSR count). The fourth-order valence-corrected chi connectivity index (χ4v) is 3.52. The summed E-state index contributed by atoms with van der Waals surface area (Å²) in [6.45, 7) is 6.79. The lowest BCUT2D eigenvalue weighted by Crippen LogP contribution is -2.50. The predicted molar refractivity (Wildman–Crippen MR) is 76.5 cm³/mol. The maximum atomic E-state index is 12.4.